The summed E-state index contributed by atoms with van der Waals surface area (Å²) in [6.45, 7) is 4.86. The van der Waals surface area contributed by atoms with E-state index >= 15 is 0 Å². The van der Waals surface area contributed by atoms with Crippen molar-refractivity contribution < 1.29 is 8.42 Å². The van der Waals surface area contributed by atoms with Crippen molar-refractivity contribution in [3.05, 3.63) is 48.0 Å². The highest BCUT2D eigenvalue weighted by atomic mass is 32.2. The van der Waals surface area contributed by atoms with Gasteiger partial charge in [-0.3, -0.25) is 14.6 Å². The fourth-order valence-corrected chi connectivity index (χ4v) is 5.33. The summed E-state index contributed by atoms with van der Waals surface area (Å²) < 4.78 is 25.4. The molecule has 1 aliphatic heterocycles. The zero-order chi connectivity index (χ0) is 17.4. The molecule has 2 aromatic heterocycles. The van der Waals surface area contributed by atoms with Crippen LogP contribution >= 0.6 is 0 Å². The molecule has 0 aromatic carbocycles. The molecule has 2 atom stereocenters. The van der Waals surface area contributed by atoms with Gasteiger partial charge in [-0.05, 0) is 38.9 Å². The Labute approximate surface area is 143 Å². The van der Waals surface area contributed by atoms with Gasteiger partial charge in [0.1, 0.15) is 0 Å². The third-order valence-corrected chi connectivity index (χ3v) is 6.82. The van der Waals surface area contributed by atoms with E-state index in [2.05, 4.69) is 35.0 Å². The minimum atomic E-state index is -2.94. The Bertz CT molecular complexity index is 803. The molecule has 24 heavy (non-hydrogen) atoms. The molecule has 7 heteroatoms. The van der Waals surface area contributed by atoms with Gasteiger partial charge in [0, 0.05) is 36.7 Å². The Kier molecular flexibility index (Phi) is 4.48. The lowest BCUT2D eigenvalue weighted by Gasteiger charge is -2.25. The van der Waals surface area contributed by atoms with E-state index in [0.717, 1.165) is 12.1 Å². The molecule has 6 nitrogen and oxygen atoms in total. The van der Waals surface area contributed by atoms with Crippen molar-refractivity contribution in [3.63, 3.8) is 0 Å². The normalized spacial score (nSPS) is 24.3. The first-order valence-electron chi connectivity index (χ1n) is 8.14. The lowest BCUT2D eigenvalue weighted by Crippen LogP contribution is -2.31. The van der Waals surface area contributed by atoms with Gasteiger partial charge in [0.15, 0.2) is 9.84 Å². The zero-order valence-electron chi connectivity index (χ0n) is 14.4. The summed E-state index contributed by atoms with van der Waals surface area (Å²) in [5.41, 5.74) is 1.82. The standard InChI is InChI=1S/C17H24N4O2S/c1-14(16-5-4-7-18-10-16)20(3)11-15-9-19-21(12-15)17(2)6-8-24(22,23)13-17/h4-5,7,9-10,12,14H,6,8,11,13H2,1-3H3. The quantitative estimate of drug-likeness (QED) is 0.827. The van der Waals surface area contributed by atoms with E-state index in [1.54, 1.807) is 6.20 Å². The summed E-state index contributed by atoms with van der Waals surface area (Å²) in [7, 11) is -0.877. The third-order valence-electron chi connectivity index (χ3n) is 4.93. The minimum absolute atomic E-state index is 0.170. The van der Waals surface area contributed by atoms with Crippen molar-refractivity contribution in [2.75, 3.05) is 18.6 Å². The van der Waals surface area contributed by atoms with E-state index in [1.165, 1.54) is 5.56 Å². The summed E-state index contributed by atoms with van der Waals surface area (Å²) >= 11 is 0. The van der Waals surface area contributed by atoms with Crippen LogP contribution in [-0.2, 0) is 21.9 Å². The Morgan fingerprint density at radius 3 is 2.83 bits per heavy atom. The van der Waals surface area contributed by atoms with Crippen molar-refractivity contribution in [2.45, 2.75) is 38.4 Å². The molecular weight excluding hydrogens is 324 g/mol. The smallest absolute Gasteiger partial charge is 0.152 e. The number of hydrogen-bond donors (Lipinski definition) is 0. The average Bonchev–Trinajstić information content (AvgIpc) is 3.12. The minimum Gasteiger partial charge on any atom is -0.295 e. The highest BCUT2D eigenvalue weighted by molar-refractivity contribution is 7.91. The Balaban J connectivity index is 1.70. The molecule has 130 valence electrons. The van der Waals surface area contributed by atoms with Crippen LogP contribution in [-0.4, -0.2) is 46.6 Å². The van der Waals surface area contributed by atoms with E-state index in [4.69, 9.17) is 0 Å². The number of hydrogen-bond acceptors (Lipinski definition) is 5. The summed E-state index contributed by atoms with van der Waals surface area (Å²) in [4.78, 5) is 6.40. The average molecular weight is 348 g/mol. The summed E-state index contributed by atoms with van der Waals surface area (Å²) in [6.07, 6.45) is 8.10. The van der Waals surface area contributed by atoms with Gasteiger partial charge in [-0.1, -0.05) is 6.07 Å². The number of nitrogens with zero attached hydrogens (tertiary/aromatic N) is 4. The van der Waals surface area contributed by atoms with E-state index in [1.807, 2.05) is 36.3 Å². The summed E-state index contributed by atoms with van der Waals surface area (Å²) in [6, 6.07) is 4.26. The maximum Gasteiger partial charge on any atom is 0.152 e. The van der Waals surface area contributed by atoms with Crippen molar-refractivity contribution in [1.29, 1.82) is 0 Å². The first kappa shape index (κ1) is 17.1. The largest absolute Gasteiger partial charge is 0.295 e. The van der Waals surface area contributed by atoms with Crippen LogP contribution in [0.1, 0.15) is 37.4 Å². The molecule has 0 aliphatic carbocycles. The lowest BCUT2D eigenvalue weighted by atomic mass is 10.0. The number of aromatic nitrogens is 3. The van der Waals surface area contributed by atoms with E-state index in [-0.39, 0.29) is 17.5 Å². The molecule has 1 fully saturated rings. The fraction of sp³-hybridized carbons (Fsp3) is 0.529. The highest BCUT2D eigenvalue weighted by Crippen LogP contribution is 2.30. The summed E-state index contributed by atoms with van der Waals surface area (Å²) in [5, 5.41) is 4.43. The van der Waals surface area contributed by atoms with Crippen LogP contribution in [0.2, 0.25) is 0 Å². The zero-order valence-corrected chi connectivity index (χ0v) is 15.2. The van der Waals surface area contributed by atoms with Crippen LogP contribution in [0.15, 0.2) is 36.9 Å². The van der Waals surface area contributed by atoms with Crippen LogP contribution in [0.3, 0.4) is 0 Å². The van der Waals surface area contributed by atoms with Crippen LogP contribution in [0.25, 0.3) is 0 Å². The van der Waals surface area contributed by atoms with Crippen LogP contribution < -0.4 is 0 Å². The van der Waals surface area contributed by atoms with Crippen LogP contribution in [0, 0.1) is 0 Å². The fourth-order valence-electron chi connectivity index (χ4n) is 3.21. The first-order valence-corrected chi connectivity index (χ1v) is 9.96. The van der Waals surface area contributed by atoms with E-state index in [0.29, 0.717) is 6.42 Å². The Hall–Kier alpha value is -1.73. The predicted molar refractivity (Wildman–Crippen MR) is 93.3 cm³/mol. The Morgan fingerprint density at radius 1 is 1.42 bits per heavy atom. The van der Waals surface area contributed by atoms with Crippen molar-refractivity contribution in [2.24, 2.45) is 0 Å². The first-order chi connectivity index (χ1) is 11.3. The van der Waals surface area contributed by atoms with Gasteiger partial charge in [0.2, 0.25) is 0 Å². The summed E-state index contributed by atoms with van der Waals surface area (Å²) in [5.74, 6) is 0.416. The van der Waals surface area contributed by atoms with Crippen LogP contribution in [0.4, 0.5) is 0 Å². The van der Waals surface area contributed by atoms with Gasteiger partial charge in [0.05, 0.1) is 23.2 Å². The Morgan fingerprint density at radius 2 is 2.21 bits per heavy atom. The molecule has 0 N–H and O–H groups in total. The van der Waals surface area contributed by atoms with Gasteiger partial charge in [-0.25, -0.2) is 8.42 Å². The molecular formula is C17H24N4O2S. The van der Waals surface area contributed by atoms with Crippen molar-refractivity contribution >= 4 is 9.84 Å². The maximum atomic E-state index is 11.8. The molecule has 0 saturated carbocycles. The predicted octanol–water partition coefficient (Wildman–Crippen LogP) is 2.00. The second-order valence-corrected chi connectivity index (χ2v) is 9.19. The van der Waals surface area contributed by atoms with Gasteiger partial charge >= 0.3 is 0 Å². The lowest BCUT2D eigenvalue weighted by molar-refractivity contribution is 0.252. The van der Waals surface area contributed by atoms with Gasteiger partial charge in [-0.2, -0.15) is 5.10 Å². The number of rotatable bonds is 5. The van der Waals surface area contributed by atoms with Gasteiger partial charge in [0.25, 0.3) is 0 Å². The monoisotopic (exact) mass is 348 g/mol. The second kappa shape index (κ2) is 6.29. The molecule has 1 aliphatic rings. The van der Waals surface area contributed by atoms with Crippen LogP contribution in [0.5, 0.6) is 0 Å². The molecule has 3 rings (SSSR count). The molecule has 0 spiro atoms. The molecule has 0 radical (unpaired) electrons. The number of pyridine rings is 1. The molecule has 0 bridgehead atoms. The van der Waals surface area contributed by atoms with Gasteiger partial charge < -0.3 is 0 Å². The number of sulfone groups is 1. The molecule has 2 unspecified atom stereocenters. The molecule has 1 saturated heterocycles. The third kappa shape index (κ3) is 3.52. The van der Waals surface area contributed by atoms with E-state index < -0.39 is 15.4 Å². The highest BCUT2D eigenvalue weighted by Gasteiger charge is 2.40. The molecule has 2 aromatic rings. The second-order valence-electron chi connectivity index (χ2n) is 7.01. The van der Waals surface area contributed by atoms with Crippen molar-refractivity contribution in [3.8, 4) is 0 Å². The van der Waals surface area contributed by atoms with E-state index in [9.17, 15) is 8.42 Å². The molecule has 0 amide bonds. The maximum absolute atomic E-state index is 11.8. The van der Waals surface area contributed by atoms with Crippen molar-refractivity contribution in [1.82, 2.24) is 19.7 Å². The van der Waals surface area contributed by atoms with Gasteiger partial charge in [-0.15, -0.1) is 0 Å². The SMILES string of the molecule is CC(c1cccnc1)N(C)Cc1cnn(C2(C)CCS(=O)(=O)C2)c1. The topological polar surface area (TPSA) is 68.1 Å². The molecule has 3 heterocycles.